The summed E-state index contributed by atoms with van der Waals surface area (Å²) in [6.45, 7) is 0. The highest BCUT2D eigenvalue weighted by Crippen LogP contribution is 2.25. The van der Waals surface area contributed by atoms with E-state index in [-0.39, 0.29) is 34.3 Å². The van der Waals surface area contributed by atoms with Gasteiger partial charge >= 0.3 is 0 Å². The van der Waals surface area contributed by atoms with E-state index in [1.165, 1.54) is 12.1 Å². The van der Waals surface area contributed by atoms with E-state index in [2.05, 4.69) is 30.9 Å². The lowest BCUT2D eigenvalue weighted by molar-refractivity contribution is 0.0976. The van der Waals surface area contributed by atoms with Crippen LogP contribution in [0.15, 0.2) is 59.9 Å². The minimum Gasteiger partial charge on any atom is -0.351 e. The van der Waals surface area contributed by atoms with Gasteiger partial charge in [-0.3, -0.25) is 10.1 Å². The van der Waals surface area contributed by atoms with E-state index in [0.717, 1.165) is 31.0 Å². The molecule has 0 saturated heterocycles. The molecule has 0 radical (unpaired) electrons. The van der Waals surface area contributed by atoms with Gasteiger partial charge in [-0.15, -0.1) is 0 Å². The third kappa shape index (κ3) is 6.48. The Morgan fingerprint density at radius 2 is 1.71 bits per heavy atom. The number of carbonyl (C=O) groups is 1. The lowest BCUT2D eigenvalue weighted by atomic mass is 9.91. The van der Waals surface area contributed by atoms with Crippen LogP contribution >= 0.6 is 11.6 Å². The van der Waals surface area contributed by atoms with Crippen LogP contribution < -0.4 is 16.0 Å². The van der Waals surface area contributed by atoms with E-state index >= 15 is 0 Å². The number of guanidine groups is 1. The van der Waals surface area contributed by atoms with Crippen LogP contribution in [0.1, 0.15) is 36.0 Å². The van der Waals surface area contributed by atoms with Crippen molar-refractivity contribution in [1.29, 1.82) is 0 Å². The molecule has 0 bridgehead atoms. The lowest BCUT2D eigenvalue weighted by Crippen LogP contribution is -2.38. The Labute approximate surface area is 204 Å². The van der Waals surface area contributed by atoms with Crippen LogP contribution in [0.3, 0.4) is 0 Å². The molecule has 7 nitrogen and oxygen atoms in total. The van der Waals surface area contributed by atoms with Gasteiger partial charge in [0.1, 0.15) is 0 Å². The molecule has 11 heteroatoms. The first-order valence-corrected chi connectivity index (χ1v) is 11.4. The Bertz CT molecular complexity index is 1220. The number of anilines is 2. The monoisotopic (exact) mass is 502 g/mol. The van der Waals surface area contributed by atoms with Crippen LogP contribution in [0.25, 0.3) is 0 Å². The van der Waals surface area contributed by atoms with E-state index in [1.807, 2.05) is 0 Å². The molecule has 0 atom stereocenters. The standard InChI is InChI=1S/C24H22ClF3N6O/c25-17-3-1-4-20(21(17)28)33-24(34-22(35)14-5-10-18(26)19(27)13-14)32-16-8-6-15(7-9-16)31-23-29-11-2-12-30-23/h1-5,10-13,15-16H,6-9H2,(H,29,30,31)(H2,32,33,34,35). The highest BCUT2D eigenvalue weighted by atomic mass is 35.5. The number of amides is 1. The van der Waals surface area contributed by atoms with Gasteiger partial charge in [-0.1, -0.05) is 17.7 Å². The number of aromatic nitrogens is 2. The van der Waals surface area contributed by atoms with Gasteiger partial charge in [0.15, 0.2) is 17.5 Å². The highest BCUT2D eigenvalue weighted by molar-refractivity contribution is 6.31. The third-order valence-electron chi connectivity index (χ3n) is 5.53. The van der Waals surface area contributed by atoms with Gasteiger partial charge < -0.3 is 10.6 Å². The average Bonchev–Trinajstić information content (AvgIpc) is 2.85. The summed E-state index contributed by atoms with van der Waals surface area (Å²) in [6, 6.07) is 8.91. The lowest BCUT2D eigenvalue weighted by Gasteiger charge is -2.27. The van der Waals surface area contributed by atoms with Gasteiger partial charge in [0.05, 0.1) is 16.8 Å². The van der Waals surface area contributed by atoms with Gasteiger partial charge in [-0.25, -0.2) is 28.1 Å². The van der Waals surface area contributed by atoms with Crippen molar-refractivity contribution in [2.24, 2.45) is 4.99 Å². The maximum Gasteiger partial charge on any atom is 0.258 e. The number of hydrogen-bond donors (Lipinski definition) is 3. The van der Waals surface area contributed by atoms with Crippen LogP contribution in [0.2, 0.25) is 5.02 Å². The Hall–Kier alpha value is -3.66. The minimum absolute atomic E-state index is 0.0124. The van der Waals surface area contributed by atoms with Crippen molar-refractivity contribution in [3.63, 3.8) is 0 Å². The van der Waals surface area contributed by atoms with Gasteiger partial charge in [0.25, 0.3) is 5.91 Å². The number of halogens is 4. The third-order valence-corrected chi connectivity index (χ3v) is 5.82. The first-order chi connectivity index (χ1) is 16.9. The molecule has 1 aromatic heterocycles. The predicted octanol–water partition coefficient (Wildman–Crippen LogP) is 5.17. The van der Waals surface area contributed by atoms with Crippen molar-refractivity contribution in [1.82, 2.24) is 15.3 Å². The maximum absolute atomic E-state index is 14.5. The summed E-state index contributed by atoms with van der Waals surface area (Å²) in [5, 5.41) is 8.49. The van der Waals surface area contributed by atoms with Crippen molar-refractivity contribution < 1.29 is 18.0 Å². The zero-order valence-corrected chi connectivity index (χ0v) is 19.2. The second-order valence-electron chi connectivity index (χ2n) is 8.01. The molecule has 1 aliphatic rings. The predicted molar refractivity (Wildman–Crippen MR) is 128 cm³/mol. The molecule has 4 rings (SSSR count). The summed E-state index contributed by atoms with van der Waals surface area (Å²) in [5.41, 5.74) is -0.0980. The van der Waals surface area contributed by atoms with Crippen LogP contribution in [0.5, 0.6) is 0 Å². The number of aliphatic imine (C=N–C) groups is 1. The fraction of sp³-hybridized carbons (Fsp3) is 0.250. The first kappa shape index (κ1) is 24.5. The Morgan fingerprint density at radius 3 is 2.43 bits per heavy atom. The second kappa shape index (κ2) is 11.2. The molecule has 1 heterocycles. The SMILES string of the molecule is O=C(NC(=NC1CCC(Nc2ncccn2)CC1)Nc1cccc(Cl)c1F)c1ccc(F)c(F)c1. The topological polar surface area (TPSA) is 91.3 Å². The van der Waals surface area contributed by atoms with E-state index in [9.17, 15) is 18.0 Å². The average molecular weight is 503 g/mol. The molecule has 1 aliphatic carbocycles. The largest absolute Gasteiger partial charge is 0.351 e. The summed E-state index contributed by atoms with van der Waals surface area (Å²) in [4.78, 5) is 25.6. The van der Waals surface area contributed by atoms with Crippen molar-refractivity contribution >= 4 is 35.1 Å². The molecule has 35 heavy (non-hydrogen) atoms. The van der Waals surface area contributed by atoms with Crippen molar-refractivity contribution in [3.05, 3.63) is 82.9 Å². The van der Waals surface area contributed by atoms with Crippen LogP contribution in [-0.2, 0) is 0 Å². The summed E-state index contributed by atoms with van der Waals surface area (Å²) in [6.07, 6.45) is 6.26. The summed E-state index contributed by atoms with van der Waals surface area (Å²) >= 11 is 5.87. The molecule has 0 aliphatic heterocycles. The molecule has 1 amide bonds. The van der Waals surface area contributed by atoms with Gasteiger partial charge in [0.2, 0.25) is 11.9 Å². The van der Waals surface area contributed by atoms with Crippen LogP contribution in [0, 0.1) is 17.5 Å². The van der Waals surface area contributed by atoms with Gasteiger partial charge in [0, 0.05) is 24.0 Å². The van der Waals surface area contributed by atoms with E-state index in [0.29, 0.717) is 18.8 Å². The fourth-order valence-corrected chi connectivity index (χ4v) is 3.90. The van der Waals surface area contributed by atoms with Crippen molar-refractivity contribution in [2.75, 3.05) is 10.6 Å². The minimum atomic E-state index is -1.15. The quantitative estimate of drug-likeness (QED) is 0.331. The van der Waals surface area contributed by atoms with Crippen LogP contribution in [-0.4, -0.2) is 33.9 Å². The van der Waals surface area contributed by atoms with Crippen molar-refractivity contribution in [3.8, 4) is 0 Å². The highest BCUT2D eigenvalue weighted by Gasteiger charge is 2.23. The van der Waals surface area contributed by atoms with E-state index < -0.39 is 23.4 Å². The molecular formula is C24H22ClF3N6O. The Morgan fingerprint density at radius 1 is 0.971 bits per heavy atom. The molecule has 0 unspecified atom stereocenters. The molecule has 0 spiro atoms. The second-order valence-corrected chi connectivity index (χ2v) is 8.42. The molecule has 1 saturated carbocycles. The molecule has 3 aromatic rings. The number of hydrogen-bond acceptors (Lipinski definition) is 5. The normalized spacial score (nSPS) is 18.1. The molecule has 182 valence electrons. The fourth-order valence-electron chi connectivity index (χ4n) is 3.73. The van der Waals surface area contributed by atoms with Crippen LogP contribution in [0.4, 0.5) is 24.8 Å². The maximum atomic E-state index is 14.5. The Balaban J connectivity index is 1.49. The van der Waals surface area contributed by atoms with Crippen molar-refractivity contribution in [2.45, 2.75) is 37.8 Å². The van der Waals surface area contributed by atoms with Gasteiger partial charge in [-0.2, -0.15) is 0 Å². The molecule has 2 aromatic carbocycles. The number of benzene rings is 2. The number of carbonyl (C=O) groups excluding carboxylic acids is 1. The van der Waals surface area contributed by atoms with E-state index in [4.69, 9.17) is 11.6 Å². The zero-order chi connectivity index (χ0) is 24.8. The smallest absolute Gasteiger partial charge is 0.258 e. The number of nitrogens with one attached hydrogen (secondary N) is 3. The Kier molecular flexibility index (Phi) is 7.81. The van der Waals surface area contributed by atoms with Gasteiger partial charge in [-0.05, 0) is 62.1 Å². The summed E-state index contributed by atoms with van der Waals surface area (Å²) < 4.78 is 41.4. The summed E-state index contributed by atoms with van der Waals surface area (Å²) in [5.74, 6) is -3.13. The molecule has 3 N–H and O–H groups in total. The first-order valence-electron chi connectivity index (χ1n) is 11.0. The van der Waals surface area contributed by atoms with E-state index in [1.54, 1.807) is 24.5 Å². The number of nitrogens with zero attached hydrogens (tertiary/aromatic N) is 3. The molecular weight excluding hydrogens is 481 g/mol. The summed E-state index contributed by atoms with van der Waals surface area (Å²) in [7, 11) is 0. The number of rotatable bonds is 5. The zero-order valence-electron chi connectivity index (χ0n) is 18.4. The molecule has 1 fully saturated rings.